The zero-order chi connectivity index (χ0) is 12.4. The molecule has 0 heterocycles. The first-order chi connectivity index (χ1) is 8.09. The van der Waals surface area contributed by atoms with Crippen LogP contribution in [0.1, 0.15) is 17.2 Å². The van der Waals surface area contributed by atoms with E-state index in [1.807, 2.05) is 18.2 Å². The average Bonchev–Trinajstić information content (AvgIpc) is 2.32. The van der Waals surface area contributed by atoms with Crippen LogP contribution < -0.4 is 5.73 Å². The molecule has 0 saturated heterocycles. The third-order valence-corrected chi connectivity index (χ3v) is 3.38. The summed E-state index contributed by atoms with van der Waals surface area (Å²) in [5.74, 6) is 0. The molecule has 0 spiro atoms. The van der Waals surface area contributed by atoms with E-state index in [1.54, 1.807) is 24.3 Å². The Hall–Kier alpha value is -1.03. The van der Waals surface area contributed by atoms with Crippen molar-refractivity contribution in [3.63, 3.8) is 0 Å². The van der Waals surface area contributed by atoms with E-state index in [0.29, 0.717) is 21.8 Å². The number of hydrogen-bond acceptors (Lipinski definition) is 2. The third kappa shape index (κ3) is 2.63. The van der Waals surface area contributed by atoms with Gasteiger partial charge in [0.15, 0.2) is 0 Å². The Kier molecular flexibility index (Phi) is 3.72. The number of hydrogen-bond donors (Lipinski definition) is 2. The lowest BCUT2D eigenvalue weighted by atomic mass is 10.00. The van der Waals surface area contributed by atoms with Gasteiger partial charge in [-0.3, -0.25) is 0 Å². The van der Waals surface area contributed by atoms with E-state index in [9.17, 15) is 5.11 Å². The second-order valence-electron chi connectivity index (χ2n) is 3.70. The maximum atomic E-state index is 10.3. The van der Waals surface area contributed by atoms with Crippen LogP contribution in [-0.2, 0) is 0 Å². The van der Waals surface area contributed by atoms with Gasteiger partial charge in [0.25, 0.3) is 0 Å². The maximum Gasteiger partial charge on any atom is 0.108 e. The van der Waals surface area contributed by atoms with Gasteiger partial charge in [-0.05, 0) is 24.3 Å². The monoisotopic (exact) mass is 311 g/mol. The van der Waals surface area contributed by atoms with Crippen LogP contribution in [-0.4, -0.2) is 5.11 Å². The topological polar surface area (TPSA) is 46.2 Å². The fourth-order valence-corrected chi connectivity index (χ4v) is 2.26. The number of nitrogen functional groups attached to an aromatic ring is 1. The second kappa shape index (κ2) is 5.08. The highest BCUT2D eigenvalue weighted by atomic mass is 79.9. The van der Waals surface area contributed by atoms with E-state index in [4.69, 9.17) is 17.3 Å². The van der Waals surface area contributed by atoms with Crippen molar-refractivity contribution in [3.8, 4) is 0 Å². The van der Waals surface area contributed by atoms with Gasteiger partial charge >= 0.3 is 0 Å². The first kappa shape index (κ1) is 12.4. The highest BCUT2D eigenvalue weighted by Crippen LogP contribution is 2.32. The number of anilines is 1. The van der Waals surface area contributed by atoms with E-state index in [0.717, 1.165) is 4.47 Å². The summed E-state index contributed by atoms with van der Waals surface area (Å²) in [6.07, 6.45) is -0.818. The summed E-state index contributed by atoms with van der Waals surface area (Å²) < 4.78 is 0.868. The van der Waals surface area contributed by atoms with Gasteiger partial charge in [-0.2, -0.15) is 0 Å². The predicted molar refractivity (Wildman–Crippen MR) is 74.1 cm³/mol. The Balaban J connectivity index is 2.47. The van der Waals surface area contributed by atoms with Crippen LogP contribution in [0.2, 0.25) is 5.02 Å². The molecule has 0 amide bonds. The molecule has 0 bridgehead atoms. The molecule has 88 valence electrons. The first-order valence-electron chi connectivity index (χ1n) is 5.07. The molecule has 0 aromatic heterocycles. The molecule has 0 aliphatic carbocycles. The maximum absolute atomic E-state index is 10.3. The minimum atomic E-state index is -0.818. The highest BCUT2D eigenvalue weighted by Gasteiger charge is 2.16. The molecule has 0 aliphatic heterocycles. The van der Waals surface area contributed by atoms with Gasteiger partial charge in [0.05, 0.1) is 0 Å². The van der Waals surface area contributed by atoms with Crippen LogP contribution in [0.5, 0.6) is 0 Å². The van der Waals surface area contributed by atoms with Crippen LogP contribution in [0.4, 0.5) is 5.69 Å². The van der Waals surface area contributed by atoms with Crippen LogP contribution in [0, 0.1) is 0 Å². The van der Waals surface area contributed by atoms with Crippen LogP contribution >= 0.6 is 27.5 Å². The second-order valence-corrected chi connectivity index (χ2v) is 5.02. The van der Waals surface area contributed by atoms with E-state index in [1.165, 1.54) is 0 Å². The SMILES string of the molecule is Nc1ccc(Br)cc1C(O)c1ccccc1Cl. The van der Waals surface area contributed by atoms with Crippen LogP contribution in [0.25, 0.3) is 0 Å². The number of benzene rings is 2. The number of nitrogens with two attached hydrogens (primary N) is 1. The summed E-state index contributed by atoms with van der Waals surface area (Å²) in [7, 11) is 0. The molecule has 4 heteroatoms. The van der Waals surface area contributed by atoms with Gasteiger partial charge in [-0.15, -0.1) is 0 Å². The number of aliphatic hydroxyl groups is 1. The van der Waals surface area contributed by atoms with Crippen LogP contribution in [0.3, 0.4) is 0 Å². The van der Waals surface area contributed by atoms with Gasteiger partial charge in [0.2, 0.25) is 0 Å². The molecule has 2 nitrogen and oxygen atoms in total. The molecule has 2 rings (SSSR count). The van der Waals surface area contributed by atoms with Crippen molar-refractivity contribution in [1.82, 2.24) is 0 Å². The first-order valence-corrected chi connectivity index (χ1v) is 6.24. The third-order valence-electron chi connectivity index (χ3n) is 2.54. The van der Waals surface area contributed by atoms with Crippen molar-refractivity contribution in [2.24, 2.45) is 0 Å². The lowest BCUT2D eigenvalue weighted by Gasteiger charge is -2.15. The molecule has 1 atom stereocenters. The Labute approximate surface area is 113 Å². The number of aliphatic hydroxyl groups excluding tert-OH is 1. The molecule has 0 saturated carbocycles. The van der Waals surface area contributed by atoms with E-state index < -0.39 is 6.10 Å². The standard InChI is InChI=1S/C13H11BrClNO/c14-8-5-6-12(16)10(7-8)13(17)9-3-1-2-4-11(9)15/h1-7,13,17H,16H2. The smallest absolute Gasteiger partial charge is 0.108 e. The Bertz CT molecular complexity index is 545. The zero-order valence-corrected chi connectivity index (χ0v) is 11.2. The lowest BCUT2D eigenvalue weighted by Crippen LogP contribution is -2.04. The molecule has 2 aromatic rings. The quantitative estimate of drug-likeness (QED) is 0.829. The summed E-state index contributed by atoms with van der Waals surface area (Å²) in [4.78, 5) is 0. The molecular formula is C13H11BrClNO. The predicted octanol–water partition coefficient (Wildman–Crippen LogP) is 3.77. The molecular weight excluding hydrogens is 302 g/mol. The largest absolute Gasteiger partial charge is 0.398 e. The Morgan fingerprint density at radius 2 is 1.82 bits per heavy atom. The van der Waals surface area contributed by atoms with Crippen molar-refractivity contribution >= 4 is 33.2 Å². The fourth-order valence-electron chi connectivity index (χ4n) is 1.65. The molecule has 0 radical (unpaired) electrons. The Morgan fingerprint density at radius 3 is 2.53 bits per heavy atom. The number of rotatable bonds is 2. The van der Waals surface area contributed by atoms with Gasteiger partial charge in [0, 0.05) is 26.3 Å². The van der Waals surface area contributed by atoms with Gasteiger partial charge in [0.1, 0.15) is 6.10 Å². The molecule has 17 heavy (non-hydrogen) atoms. The van der Waals surface area contributed by atoms with E-state index in [-0.39, 0.29) is 0 Å². The molecule has 2 aromatic carbocycles. The fraction of sp³-hybridized carbons (Fsp3) is 0.0769. The van der Waals surface area contributed by atoms with Gasteiger partial charge < -0.3 is 10.8 Å². The lowest BCUT2D eigenvalue weighted by molar-refractivity contribution is 0.221. The summed E-state index contributed by atoms with van der Waals surface area (Å²) in [6, 6.07) is 12.6. The molecule has 3 N–H and O–H groups in total. The minimum absolute atomic E-state index is 0.527. The average molecular weight is 313 g/mol. The van der Waals surface area contributed by atoms with Crippen molar-refractivity contribution in [3.05, 3.63) is 63.1 Å². The van der Waals surface area contributed by atoms with E-state index >= 15 is 0 Å². The highest BCUT2D eigenvalue weighted by molar-refractivity contribution is 9.10. The zero-order valence-electron chi connectivity index (χ0n) is 8.90. The van der Waals surface area contributed by atoms with Crippen molar-refractivity contribution in [1.29, 1.82) is 0 Å². The van der Waals surface area contributed by atoms with Crippen molar-refractivity contribution in [2.75, 3.05) is 5.73 Å². The summed E-state index contributed by atoms with van der Waals surface area (Å²) in [5.41, 5.74) is 7.69. The van der Waals surface area contributed by atoms with Crippen LogP contribution in [0.15, 0.2) is 46.9 Å². The molecule has 0 fully saturated rings. The van der Waals surface area contributed by atoms with Crippen molar-refractivity contribution < 1.29 is 5.11 Å². The van der Waals surface area contributed by atoms with Gasteiger partial charge in [-0.25, -0.2) is 0 Å². The van der Waals surface area contributed by atoms with Crippen molar-refractivity contribution in [2.45, 2.75) is 6.10 Å². The summed E-state index contributed by atoms with van der Waals surface area (Å²) in [5, 5.41) is 10.8. The molecule has 1 unspecified atom stereocenters. The molecule has 0 aliphatic rings. The Morgan fingerprint density at radius 1 is 1.12 bits per heavy atom. The van der Waals surface area contributed by atoms with E-state index in [2.05, 4.69) is 15.9 Å². The summed E-state index contributed by atoms with van der Waals surface area (Å²) >= 11 is 9.40. The van der Waals surface area contributed by atoms with Gasteiger partial charge in [-0.1, -0.05) is 45.7 Å². The summed E-state index contributed by atoms with van der Waals surface area (Å²) in [6.45, 7) is 0. The normalized spacial score (nSPS) is 12.4. The minimum Gasteiger partial charge on any atom is -0.398 e. The number of halogens is 2.